The molecular formula is C17H17N5O3. The van der Waals surface area contributed by atoms with Crippen LogP contribution < -0.4 is 5.32 Å². The largest absolute Gasteiger partial charge is 0.447 e. The van der Waals surface area contributed by atoms with Crippen molar-refractivity contribution in [3.63, 3.8) is 0 Å². The van der Waals surface area contributed by atoms with E-state index in [1.165, 1.54) is 11.4 Å². The van der Waals surface area contributed by atoms with Crippen LogP contribution in [0.1, 0.15) is 28.8 Å². The lowest BCUT2D eigenvalue weighted by Gasteiger charge is -2.13. The van der Waals surface area contributed by atoms with Crippen LogP contribution in [0.5, 0.6) is 0 Å². The third kappa shape index (κ3) is 3.47. The molecule has 0 fully saturated rings. The number of benzene rings is 1. The molecule has 0 spiro atoms. The smallest absolute Gasteiger partial charge is 0.379 e. The molecule has 2 heterocycles. The third-order valence-corrected chi connectivity index (χ3v) is 3.67. The van der Waals surface area contributed by atoms with E-state index < -0.39 is 18.0 Å². The molecule has 0 aliphatic heterocycles. The lowest BCUT2D eigenvalue weighted by Crippen LogP contribution is -2.30. The Balaban J connectivity index is 1.70. The van der Waals surface area contributed by atoms with Crippen LogP contribution in [-0.4, -0.2) is 37.6 Å². The lowest BCUT2D eigenvalue weighted by atomic mass is 10.2. The number of esters is 1. The second-order valence-corrected chi connectivity index (χ2v) is 5.59. The van der Waals surface area contributed by atoms with Crippen LogP contribution in [0.4, 0.5) is 5.69 Å². The number of rotatable bonds is 4. The van der Waals surface area contributed by atoms with Gasteiger partial charge in [-0.05, 0) is 38.5 Å². The fraction of sp³-hybridized carbons (Fsp3) is 0.235. The SMILES string of the molecule is Cc1ccccc1NC(=O)[C@H](C)OC(=O)c1nc2nccc(C)n2n1. The minimum absolute atomic E-state index is 0.141. The maximum absolute atomic E-state index is 12.2. The first-order valence-electron chi connectivity index (χ1n) is 7.71. The number of hydrogen-bond donors (Lipinski definition) is 1. The maximum Gasteiger partial charge on any atom is 0.379 e. The second kappa shape index (κ2) is 6.68. The second-order valence-electron chi connectivity index (χ2n) is 5.59. The average Bonchev–Trinajstić information content (AvgIpc) is 3.02. The van der Waals surface area contributed by atoms with Gasteiger partial charge in [0, 0.05) is 17.6 Å². The Morgan fingerprint density at radius 3 is 2.68 bits per heavy atom. The number of fused-ring (bicyclic) bond motifs is 1. The molecule has 128 valence electrons. The van der Waals surface area contributed by atoms with E-state index in [2.05, 4.69) is 20.4 Å². The normalized spacial score (nSPS) is 12.0. The third-order valence-electron chi connectivity index (χ3n) is 3.67. The first kappa shape index (κ1) is 16.6. The fourth-order valence-corrected chi connectivity index (χ4v) is 2.21. The standard InChI is InChI=1S/C17H17N5O3/c1-10-6-4-5-7-13(10)19-15(23)12(3)25-16(24)14-20-17-18-9-8-11(2)22(17)21-14/h4-9,12H,1-3H3,(H,19,23)/t12-/m0/s1. The molecule has 3 aromatic rings. The first-order valence-corrected chi connectivity index (χ1v) is 7.71. The summed E-state index contributed by atoms with van der Waals surface area (Å²) in [5.74, 6) is -1.06. The highest BCUT2D eigenvalue weighted by Crippen LogP contribution is 2.14. The molecule has 0 aliphatic carbocycles. The minimum atomic E-state index is -0.993. The van der Waals surface area contributed by atoms with E-state index in [1.54, 1.807) is 18.3 Å². The van der Waals surface area contributed by atoms with Crippen LogP contribution >= 0.6 is 0 Å². The van der Waals surface area contributed by atoms with Crippen molar-refractivity contribution in [1.82, 2.24) is 19.6 Å². The van der Waals surface area contributed by atoms with E-state index in [0.717, 1.165) is 11.3 Å². The van der Waals surface area contributed by atoms with Crippen LogP contribution in [0.25, 0.3) is 5.78 Å². The van der Waals surface area contributed by atoms with Gasteiger partial charge in [-0.15, -0.1) is 5.10 Å². The number of aryl methyl sites for hydroxylation is 2. The molecule has 1 N–H and O–H groups in total. The number of carbonyl (C=O) groups excluding carboxylic acids is 2. The number of hydrogen-bond acceptors (Lipinski definition) is 6. The monoisotopic (exact) mass is 339 g/mol. The van der Waals surface area contributed by atoms with Gasteiger partial charge in [0.05, 0.1) is 0 Å². The summed E-state index contributed by atoms with van der Waals surface area (Å²) in [6.07, 6.45) is 0.583. The maximum atomic E-state index is 12.2. The summed E-state index contributed by atoms with van der Waals surface area (Å²) >= 11 is 0. The number of para-hydroxylation sites is 1. The van der Waals surface area contributed by atoms with E-state index >= 15 is 0 Å². The van der Waals surface area contributed by atoms with Gasteiger partial charge < -0.3 is 10.1 Å². The highest BCUT2D eigenvalue weighted by atomic mass is 16.5. The van der Waals surface area contributed by atoms with Gasteiger partial charge in [0.25, 0.3) is 17.5 Å². The van der Waals surface area contributed by atoms with Gasteiger partial charge in [0.15, 0.2) is 6.10 Å². The topological polar surface area (TPSA) is 98.5 Å². The summed E-state index contributed by atoms with van der Waals surface area (Å²) in [5.41, 5.74) is 2.36. The summed E-state index contributed by atoms with van der Waals surface area (Å²) in [6, 6.07) is 9.09. The molecule has 25 heavy (non-hydrogen) atoms. The number of carbonyl (C=O) groups is 2. The molecule has 8 nitrogen and oxygen atoms in total. The Kier molecular flexibility index (Phi) is 4.42. The van der Waals surface area contributed by atoms with Crippen molar-refractivity contribution >= 4 is 23.3 Å². The fourth-order valence-electron chi connectivity index (χ4n) is 2.21. The van der Waals surface area contributed by atoms with Crippen LogP contribution in [0.2, 0.25) is 0 Å². The van der Waals surface area contributed by atoms with Crippen LogP contribution in [0.3, 0.4) is 0 Å². The number of amides is 1. The van der Waals surface area contributed by atoms with E-state index in [4.69, 9.17) is 4.74 Å². The number of anilines is 1. The molecule has 0 aliphatic rings. The van der Waals surface area contributed by atoms with Crippen LogP contribution in [0.15, 0.2) is 36.5 Å². The molecule has 0 radical (unpaired) electrons. The summed E-state index contributed by atoms with van der Waals surface area (Å²) in [6.45, 7) is 5.18. The Bertz CT molecular complexity index is 950. The number of nitrogens with zero attached hydrogens (tertiary/aromatic N) is 4. The van der Waals surface area contributed by atoms with Crippen molar-refractivity contribution in [2.45, 2.75) is 26.9 Å². The molecule has 0 bridgehead atoms. The van der Waals surface area contributed by atoms with Gasteiger partial charge in [-0.3, -0.25) is 4.79 Å². The zero-order valence-corrected chi connectivity index (χ0v) is 14.1. The highest BCUT2D eigenvalue weighted by Gasteiger charge is 2.23. The molecule has 2 aromatic heterocycles. The van der Waals surface area contributed by atoms with Gasteiger partial charge in [0.1, 0.15) is 0 Å². The minimum Gasteiger partial charge on any atom is -0.447 e. The van der Waals surface area contributed by atoms with E-state index in [1.807, 2.05) is 32.0 Å². The molecule has 1 amide bonds. The molecule has 1 aromatic carbocycles. The highest BCUT2D eigenvalue weighted by molar-refractivity contribution is 5.96. The lowest BCUT2D eigenvalue weighted by molar-refractivity contribution is -0.123. The van der Waals surface area contributed by atoms with E-state index in [-0.39, 0.29) is 5.82 Å². The van der Waals surface area contributed by atoms with Crippen LogP contribution in [0, 0.1) is 13.8 Å². The van der Waals surface area contributed by atoms with Gasteiger partial charge in [-0.2, -0.15) is 4.98 Å². The molecule has 3 rings (SSSR count). The molecule has 0 saturated heterocycles. The molecule has 0 saturated carbocycles. The van der Waals surface area contributed by atoms with Crippen molar-refractivity contribution in [3.05, 3.63) is 53.6 Å². The Hall–Kier alpha value is -3.29. The van der Waals surface area contributed by atoms with Crippen molar-refractivity contribution < 1.29 is 14.3 Å². The molecular weight excluding hydrogens is 322 g/mol. The summed E-state index contributed by atoms with van der Waals surface area (Å²) < 4.78 is 6.60. The summed E-state index contributed by atoms with van der Waals surface area (Å²) in [4.78, 5) is 32.4. The van der Waals surface area contributed by atoms with Gasteiger partial charge >= 0.3 is 5.97 Å². The van der Waals surface area contributed by atoms with Gasteiger partial charge in [-0.25, -0.2) is 14.3 Å². The first-order chi connectivity index (χ1) is 12.0. The van der Waals surface area contributed by atoms with Crippen molar-refractivity contribution in [1.29, 1.82) is 0 Å². The number of nitrogens with one attached hydrogen (secondary N) is 1. The van der Waals surface area contributed by atoms with Crippen LogP contribution in [-0.2, 0) is 9.53 Å². The summed E-state index contributed by atoms with van der Waals surface area (Å²) in [7, 11) is 0. The zero-order valence-electron chi connectivity index (χ0n) is 14.1. The number of aromatic nitrogens is 4. The predicted molar refractivity (Wildman–Crippen MR) is 90.2 cm³/mol. The molecule has 8 heteroatoms. The zero-order chi connectivity index (χ0) is 18.0. The molecule has 0 unspecified atom stereocenters. The predicted octanol–water partition coefficient (Wildman–Crippen LogP) is 1.93. The van der Waals surface area contributed by atoms with Crippen molar-refractivity contribution in [2.24, 2.45) is 0 Å². The average molecular weight is 339 g/mol. The Morgan fingerprint density at radius 1 is 1.20 bits per heavy atom. The Labute approximate surface area is 143 Å². The van der Waals surface area contributed by atoms with E-state index in [0.29, 0.717) is 11.5 Å². The quantitative estimate of drug-likeness (QED) is 0.729. The van der Waals surface area contributed by atoms with Crippen molar-refractivity contribution in [3.8, 4) is 0 Å². The van der Waals surface area contributed by atoms with Crippen molar-refractivity contribution in [2.75, 3.05) is 5.32 Å². The molecule has 1 atom stereocenters. The number of ether oxygens (including phenoxy) is 1. The van der Waals surface area contributed by atoms with Gasteiger partial charge in [0.2, 0.25) is 0 Å². The van der Waals surface area contributed by atoms with Gasteiger partial charge in [-0.1, -0.05) is 18.2 Å². The van der Waals surface area contributed by atoms with E-state index in [9.17, 15) is 9.59 Å². The summed E-state index contributed by atoms with van der Waals surface area (Å²) in [5, 5.41) is 6.79. The Morgan fingerprint density at radius 2 is 1.96 bits per heavy atom.